The minimum atomic E-state index is -0.960. The first-order valence-corrected chi connectivity index (χ1v) is 15.8. The van der Waals surface area contributed by atoms with Gasteiger partial charge in [0.1, 0.15) is 12.1 Å². The minimum Gasteiger partial charge on any atom is -0.394 e. The lowest BCUT2D eigenvalue weighted by molar-refractivity contribution is -0.132. The largest absolute Gasteiger partial charge is 0.394 e. The number of carbonyl (C=O) groups is 4. The number of aliphatic hydroxyl groups is 2. The van der Waals surface area contributed by atoms with Crippen LogP contribution in [0.25, 0.3) is 0 Å². The van der Waals surface area contributed by atoms with Crippen LogP contribution in [-0.4, -0.2) is 125 Å². The molecule has 16 nitrogen and oxygen atoms in total. The third kappa shape index (κ3) is 21.2. The van der Waals surface area contributed by atoms with E-state index in [0.717, 1.165) is 0 Å². The summed E-state index contributed by atoms with van der Waals surface area (Å²) in [6, 6.07) is 4.04. The Kier molecular flexibility index (Phi) is 23.6. The van der Waals surface area contributed by atoms with Crippen LogP contribution in [0.1, 0.15) is 38.7 Å². The molecule has 0 saturated heterocycles. The number of hydrogen-bond acceptors (Lipinski definition) is 11. The number of nitrogens with two attached hydrogens (primary N) is 1. The number of rotatable bonds is 28. The molecule has 1 aromatic rings. The molecule has 47 heavy (non-hydrogen) atoms. The third-order valence-corrected chi connectivity index (χ3v) is 6.47. The highest BCUT2D eigenvalue weighted by atomic mass is 16.6. The highest BCUT2D eigenvalue weighted by Gasteiger charge is 2.28. The second-order valence-corrected chi connectivity index (χ2v) is 10.7. The highest BCUT2D eigenvalue weighted by Crippen LogP contribution is 2.12. The Balaban J connectivity index is 2.40. The smallest absolute Gasteiger partial charge is 0.312 e. The lowest BCUT2D eigenvalue weighted by atomic mass is 10.0. The summed E-state index contributed by atoms with van der Waals surface area (Å²) in [6.45, 7) is 7.13. The van der Waals surface area contributed by atoms with Gasteiger partial charge in [0.15, 0.2) is 0 Å². The highest BCUT2D eigenvalue weighted by molar-refractivity contribution is 5.98. The number of primary amides is 1. The number of ether oxygens (including phenoxy) is 5. The van der Waals surface area contributed by atoms with Crippen LogP contribution in [0.4, 0.5) is 10.5 Å². The molecule has 0 aliphatic heterocycles. The van der Waals surface area contributed by atoms with Crippen LogP contribution in [0.3, 0.4) is 0 Å². The second-order valence-electron chi connectivity index (χ2n) is 10.7. The van der Waals surface area contributed by atoms with E-state index in [0.29, 0.717) is 70.5 Å². The van der Waals surface area contributed by atoms with Crippen LogP contribution in [0.2, 0.25) is 0 Å². The summed E-state index contributed by atoms with van der Waals surface area (Å²) >= 11 is 0. The molecule has 0 saturated carbocycles. The van der Waals surface area contributed by atoms with E-state index in [1.54, 1.807) is 38.1 Å². The first kappa shape index (κ1) is 41.6. The van der Waals surface area contributed by atoms with Gasteiger partial charge < -0.3 is 60.9 Å². The maximum absolute atomic E-state index is 13.2. The molecule has 0 unspecified atom stereocenters. The summed E-state index contributed by atoms with van der Waals surface area (Å²) in [5, 5.41) is 28.5. The van der Waals surface area contributed by atoms with E-state index in [1.807, 2.05) is 0 Å². The number of aliphatic hydroxyl groups excluding tert-OH is 2. The van der Waals surface area contributed by atoms with Gasteiger partial charge in [0.25, 0.3) is 0 Å². The lowest BCUT2D eigenvalue weighted by Crippen LogP contribution is -2.54. The van der Waals surface area contributed by atoms with Gasteiger partial charge in [-0.2, -0.15) is 0 Å². The van der Waals surface area contributed by atoms with Crippen LogP contribution in [0.15, 0.2) is 24.3 Å². The summed E-state index contributed by atoms with van der Waals surface area (Å²) in [4.78, 5) is 50.0. The Labute approximate surface area is 276 Å². The number of hydrogen-bond donors (Lipinski definition) is 7. The number of carbonyl (C=O) groups excluding carboxylic acids is 4. The van der Waals surface area contributed by atoms with Gasteiger partial charge in [0.2, 0.25) is 17.7 Å². The Morgan fingerprint density at radius 1 is 0.745 bits per heavy atom. The first-order valence-electron chi connectivity index (χ1n) is 15.8. The van der Waals surface area contributed by atoms with Crippen molar-refractivity contribution < 1.29 is 53.1 Å². The number of amides is 5. The topological polar surface area (TPSA) is 229 Å². The summed E-state index contributed by atoms with van der Waals surface area (Å²) in [6.07, 6.45) is 0.581. The predicted octanol–water partition coefficient (Wildman–Crippen LogP) is -0.343. The molecule has 2 atom stereocenters. The molecule has 0 heterocycles. The number of benzene rings is 1. The molecule has 8 N–H and O–H groups in total. The average molecular weight is 672 g/mol. The molecule has 0 aliphatic rings. The number of urea groups is 1. The molecular weight excluding hydrogens is 618 g/mol. The molecule has 1 aromatic carbocycles. The molecule has 16 heteroatoms. The van der Waals surface area contributed by atoms with E-state index >= 15 is 0 Å². The molecule has 268 valence electrons. The van der Waals surface area contributed by atoms with Crippen molar-refractivity contribution in [2.24, 2.45) is 11.7 Å². The number of nitrogens with one attached hydrogen (secondary N) is 4. The van der Waals surface area contributed by atoms with E-state index in [4.69, 9.17) is 34.5 Å². The van der Waals surface area contributed by atoms with E-state index in [-0.39, 0.29) is 57.6 Å². The van der Waals surface area contributed by atoms with E-state index in [1.165, 1.54) is 0 Å². The van der Waals surface area contributed by atoms with E-state index in [2.05, 4.69) is 21.3 Å². The van der Waals surface area contributed by atoms with Gasteiger partial charge in [-0.05, 0) is 36.5 Å². The van der Waals surface area contributed by atoms with Crippen molar-refractivity contribution in [1.82, 2.24) is 16.0 Å². The third-order valence-electron chi connectivity index (χ3n) is 6.47. The van der Waals surface area contributed by atoms with Crippen molar-refractivity contribution in [2.75, 3.05) is 84.5 Å². The molecular formula is C31H53N5O11. The van der Waals surface area contributed by atoms with Crippen molar-refractivity contribution in [3.63, 3.8) is 0 Å². The zero-order valence-corrected chi connectivity index (χ0v) is 27.5. The summed E-state index contributed by atoms with van der Waals surface area (Å²) in [5.41, 5.74) is 6.27. The monoisotopic (exact) mass is 671 g/mol. The normalized spacial score (nSPS) is 12.4. The Morgan fingerprint density at radius 3 is 1.77 bits per heavy atom. The van der Waals surface area contributed by atoms with Crippen molar-refractivity contribution >= 4 is 29.4 Å². The zero-order valence-electron chi connectivity index (χ0n) is 27.5. The molecule has 5 amide bonds. The van der Waals surface area contributed by atoms with Crippen LogP contribution in [-0.2, 0) is 44.7 Å². The van der Waals surface area contributed by atoms with Gasteiger partial charge in [-0.1, -0.05) is 26.0 Å². The van der Waals surface area contributed by atoms with Crippen molar-refractivity contribution in [3.8, 4) is 0 Å². The van der Waals surface area contributed by atoms with Crippen LogP contribution in [0.5, 0.6) is 0 Å². The zero-order chi connectivity index (χ0) is 34.7. The fourth-order valence-electron chi connectivity index (χ4n) is 3.96. The minimum absolute atomic E-state index is 0.0131. The van der Waals surface area contributed by atoms with E-state index in [9.17, 15) is 24.3 Å². The molecule has 0 fully saturated rings. The maximum Gasteiger partial charge on any atom is 0.312 e. The lowest BCUT2D eigenvalue weighted by Gasteiger charge is -2.25. The van der Waals surface area contributed by atoms with Gasteiger partial charge >= 0.3 is 6.03 Å². The molecule has 0 bridgehead atoms. The van der Waals surface area contributed by atoms with Crippen LogP contribution < -0.4 is 27.0 Å². The standard InChI is InChI=1S/C31H53N5O11/c1-23(2)28(36-27(39)9-12-43-14-16-45-18-20-47-21-19-46-17-15-44-13-11-37)30(41)35-26(4-3-10-33-31(32)42)29(40)34-25-7-5-24(22-38)6-8-25/h5-8,23,26,28,37-38H,3-4,9-22H2,1-2H3,(H,34,40)(H,35,41)(H,36,39)(H3,32,33,42)/t26-,28-/m0/s1. The van der Waals surface area contributed by atoms with Crippen LogP contribution >= 0.6 is 0 Å². The number of anilines is 1. The quantitative estimate of drug-likeness (QED) is 0.0570. The summed E-state index contributed by atoms with van der Waals surface area (Å²) < 4.78 is 26.7. The molecule has 0 aliphatic carbocycles. The van der Waals surface area contributed by atoms with Gasteiger partial charge in [0.05, 0.1) is 79.3 Å². The van der Waals surface area contributed by atoms with Gasteiger partial charge in [0, 0.05) is 18.7 Å². The van der Waals surface area contributed by atoms with Gasteiger partial charge in [-0.15, -0.1) is 0 Å². The molecule has 1 rings (SSSR count). The SMILES string of the molecule is CC(C)[C@H](NC(=O)CCOCCOCCOCCOCCOCCO)C(=O)N[C@@H](CCCNC(N)=O)C(=O)Nc1ccc(CO)cc1. The second kappa shape index (κ2) is 26.7. The summed E-state index contributed by atoms with van der Waals surface area (Å²) in [5.74, 6) is -1.66. The summed E-state index contributed by atoms with van der Waals surface area (Å²) in [7, 11) is 0. The van der Waals surface area contributed by atoms with Crippen molar-refractivity contribution in [3.05, 3.63) is 29.8 Å². The van der Waals surface area contributed by atoms with Crippen molar-refractivity contribution in [1.29, 1.82) is 0 Å². The Hall–Kier alpha value is -3.38. The molecule has 0 spiro atoms. The fraction of sp³-hybridized carbons (Fsp3) is 0.677. The fourth-order valence-corrected chi connectivity index (χ4v) is 3.96. The van der Waals surface area contributed by atoms with Gasteiger partial charge in [-0.25, -0.2) is 4.79 Å². The molecule has 0 radical (unpaired) electrons. The predicted molar refractivity (Wildman–Crippen MR) is 172 cm³/mol. The average Bonchev–Trinajstić information content (AvgIpc) is 3.04. The Bertz CT molecular complexity index is 1010. The van der Waals surface area contributed by atoms with Crippen molar-refractivity contribution in [2.45, 2.75) is 51.8 Å². The van der Waals surface area contributed by atoms with E-state index < -0.39 is 29.9 Å². The van der Waals surface area contributed by atoms with Gasteiger partial charge in [-0.3, -0.25) is 14.4 Å². The molecule has 0 aromatic heterocycles. The Morgan fingerprint density at radius 2 is 1.28 bits per heavy atom. The maximum atomic E-state index is 13.2. The first-order chi connectivity index (χ1) is 22.7. The van der Waals surface area contributed by atoms with Crippen LogP contribution in [0, 0.1) is 5.92 Å².